The number of fused-ring (bicyclic) bond motifs is 1. The Bertz CT molecular complexity index is 650. The molecular formula is C15H19N3O3. The number of nitrogens with one attached hydrogen (secondary N) is 2. The van der Waals surface area contributed by atoms with Crippen LogP contribution in [0.1, 0.15) is 30.6 Å². The molecule has 6 nitrogen and oxygen atoms in total. The molecule has 112 valence electrons. The average molecular weight is 289 g/mol. The number of hydrogen-bond acceptors (Lipinski definition) is 4. The van der Waals surface area contributed by atoms with Crippen molar-refractivity contribution in [2.45, 2.75) is 26.3 Å². The maximum Gasteiger partial charge on any atom is 0.328 e. The van der Waals surface area contributed by atoms with Gasteiger partial charge in [0.25, 0.3) is 5.91 Å². The predicted octanol–water partition coefficient (Wildman–Crippen LogP) is 1.88. The molecule has 0 spiro atoms. The highest BCUT2D eigenvalue weighted by atomic mass is 16.5. The minimum atomic E-state index is -0.648. The van der Waals surface area contributed by atoms with Crippen LogP contribution in [0.5, 0.6) is 0 Å². The van der Waals surface area contributed by atoms with Gasteiger partial charge < -0.3 is 15.0 Å². The van der Waals surface area contributed by atoms with Gasteiger partial charge in [-0.3, -0.25) is 4.79 Å². The van der Waals surface area contributed by atoms with Crippen molar-refractivity contribution in [3.8, 4) is 0 Å². The Labute approximate surface area is 122 Å². The summed E-state index contributed by atoms with van der Waals surface area (Å²) in [7, 11) is 1.32. The highest BCUT2D eigenvalue weighted by Crippen LogP contribution is 2.14. The quantitative estimate of drug-likeness (QED) is 0.823. The van der Waals surface area contributed by atoms with Gasteiger partial charge in [-0.1, -0.05) is 20.3 Å². The zero-order valence-electron chi connectivity index (χ0n) is 12.3. The van der Waals surface area contributed by atoms with Crippen molar-refractivity contribution >= 4 is 22.9 Å². The Morgan fingerprint density at radius 1 is 1.43 bits per heavy atom. The van der Waals surface area contributed by atoms with Crippen molar-refractivity contribution in [2.75, 3.05) is 7.11 Å². The molecule has 0 aliphatic rings. The van der Waals surface area contributed by atoms with Crippen LogP contribution in [0, 0.1) is 5.92 Å². The molecule has 1 amide bonds. The molecule has 0 saturated carbocycles. The predicted molar refractivity (Wildman–Crippen MR) is 78.8 cm³/mol. The van der Waals surface area contributed by atoms with Crippen LogP contribution in [0.2, 0.25) is 0 Å². The van der Waals surface area contributed by atoms with Gasteiger partial charge in [0.1, 0.15) is 6.04 Å². The number of imidazole rings is 1. The summed E-state index contributed by atoms with van der Waals surface area (Å²) in [4.78, 5) is 31.2. The number of aromatic nitrogens is 2. The second-order valence-corrected chi connectivity index (χ2v) is 4.99. The zero-order valence-corrected chi connectivity index (χ0v) is 12.3. The number of benzene rings is 1. The molecule has 21 heavy (non-hydrogen) atoms. The molecule has 0 radical (unpaired) electrons. The first-order valence-electron chi connectivity index (χ1n) is 6.88. The van der Waals surface area contributed by atoms with E-state index in [1.807, 2.05) is 13.8 Å². The van der Waals surface area contributed by atoms with E-state index in [9.17, 15) is 9.59 Å². The van der Waals surface area contributed by atoms with Gasteiger partial charge in [0.2, 0.25) is 0 Å². The van der Waals surface area contributed by atoms with Crippen LogP contribution in [0.25, 0.3) is 11.0 Å². The highest BCUT2D eigenvalue weighted by molar-refractivity contribution is 5.99. The number of H-pyrrole nitrogens is 1. The van der Waals surface area contributed by atoms with E-state index in [4.69, 9.17) is 4.74 Å². The van der Waals surface area contributed by atoms with Crippen molar-refractivity contribution in [2.24, 2.45) is 5.92 Å². The standard InChI is InChI=1S/C15H19N3O3/c1-4-9(2)13(15(20)21-3)18-14(19)10-5-6-11-12(7-10)17-8-16-11/h5-9,13H,4H2,1-3H3,(H,16,17)(H,18,19). The lowest BCUT2D eigenvalue weighted by molar-refractivity contribution is -0.144. The fourth-order valence-corrected chi connectivity index (χ4v) is 2.10. The Morgan fingerprint density at radius 3 is 2.86 bits per heavy atom. The Balaban J connectivity index is 2.19. The number of nitrogens with zero attached hydrogens (tertiary/aromatic N) is 1. The first-order valence-corrected chi connectivity index (χ1v) is 6.88. The summed E-state index contributed by atoms with van der Waals surface area (Å²) in [5, 5.41) is 2.74. The van der Waals surface area contributed by atoms with Crippen molar-refractivity contribution in [1.82, 2.24) is 15.3 Å². The van der Waals surface area contributed by atoms with E-state index < -0.39 is 12.0 Å². The van der Waals surface area contributed by atoms with E-state index in [2.05, 4.69) is 15.3 Å². The van der Waals surface area contributed by atoms with Crippen LogP contribution >= 0.6 is 0 Å². The van der Waals surface area contributed by atoms with E-state index in [0.29, 0.717) is 5.56 Å². The van der Waals surface area contributed by atoms with E-state index in [1.54, 1.807) is 24.5 Å². The SMILES string of the molecule is CCC(C)C(NC(=O)c1ccc2nc[nH]c2c1)C(=O)OC. The average Bonchev–Trinajstić information content (AvgIpc) is 2.98. The fraction of sp³-hybridized carbons (Fsp3) is 0.400. The van der Waals surface area contributed by atoms with Crippen LogP contribution < -0.4 is 5.32 Å². The number of methoxy groups -OCH3 is 1. The molecular weight excluding hydrogens is 270 g/mol. The molecule has 6 heteroatoms. The molecule has 0 bridgehead atoms. The van der Waals surface area contributed by atoms with Crippen LogP contribution in [-0.2, 0) is 9.53 Å². The minimum Gasteiger partial charge on any atom is -0.467 e. The normalized spacial score (nSPS) is 13.7. The van der Waals surface area contributed by atoms with E-state index >= 15 is 0 Å². The molecule has 0 saturated heterocycles. The van der Waals surface area contributed by atoms with Gasteiger partial charge in [-0.15, -0.1) is 0 Å². The summed E-state index contributed by atoms with van der Waals surface area (Å²) in [5.74, 6) is -0.736. The highest BCUT2D eigenvalue weighted by Gasteiger charge is 2.27. The van der Waals surface area contributed by atoms with Crippen molar-refractivity contribution in [3.05, 3.63) is 30.1 Å². The third-order valence-electron chi connectivity index (χ3n) is 3.64. The minimum absolute atomic E-state index is 0.00251. The largest absolute Gasteiger partial charge is 0.467 e. The summed E-state index contributed by atoms with van der Waals surface area (Å²) in [6, 6.07) is 4.51. The van der Waals surface area contributed by atoms with Gasteiger partial charge in [0, 0.05) is 5.56 Å². The molecule has 2 atom stereocenters. The summed E-state index contributed by atoms with van der Waals surface area (Å²) < 4.78 is 4.76. The summed E-state index contributed by atoms with van der Waals surface area (Å²) in [6.07, 6.45) is 2.34. The van der Waals surface area contributed by atoms with E-state index in [0.717, 1.165) is 17.5 Å². The van der Waals surface area contributed by atoms with Crippen molar-refractivity contribution in [1.29, 1.82) is 0 Å². The second-order valence-electron chi connectivity index (χ2n) is 4.99. The van der Waals surface area contributed by atoms with Gasteiger partial charge in [-0.05, 0) is 24.1 Å². The second kappa shape index (κ2) is 6.39. The van der Waals surface area contributed by atoms with Gasteiger partial charge in [0.15, 0.2) is 0 Å². The number of esters is 1. The van der Waals surface area contributed by atoms with Crippen LogP contribution in [0.15, 0.2) is 24.5 Å². The first kappa shape index (κ1) is 15.0. The number of ether oxygens (including phenoxy) is 1. The Morgan fingerprint density at radius 2 is 2.19 bits per heavy atom. The maximum atomic E-state index is 12.3. The molecule has 1 aromatic carbocycles. The summed E-state index contributed by atoms with van der Waals surface area (Å²) in [5.41, 5.74) is 2.04. The van der Waals surface area contributed by atoms with Gasteiger partial charge in [0.05, 0.1) is 24.5 Å². The topological polar surface area (TPSA) is 84.1 Å². The van der Waals surface area contributed by atoms with E-state index in [-0.39, 0.29) is 11.8 Å². The first-order chi connectivity index (χ1) is 10.1. The monoisotopic (exact) mass is 289 g/mol. The number of hydrogen-bond donors (Lipinski definition) is 2. The molecule has 2 aromatic rings. The van der Waals surface area contributed by atoms with Crippen LogP contribution in [0.3, 0.4) is 0 Å². The molecule has 1 aromatic heterocycles. The summed E-state index contributed by atoms with van der Waals surface area (Å²) >= 11 is 0. The third-order valence-corrected chi connectivity index (χ3v) is 3.64. The lowest BCUT2D eigenvalue weighted by Gasteiger charge is -2.21. The van der Waals surface area contributed by atoms with Gasteiger partial charge in [-0.2, -0.15) is 0 Å². The molecule has 2 N–H and O–H groups in total. The summed E-state index contributed by atoms with van der Waals surface area (Å²) in [6.45, 7) is 3.86. The lowest BCUT2D eigenvalue weighted by atomic mass is 9.99. The molecule has 1 heterocycles. The Kier molecular flexibility index (Phi) is 4.57. The fourth-order valence-electron chi connectivity index (χ4n) is 2.10. The van der Waals surface area contributed by atoms with Crippen molar-refractivity contribution in [3.63, 3.8) is 0 Å². The lowest BCUT2D eigenvalue weighted by Crippen LogP contribution is -2.45. The number of aromatic amines is 1. The number of carbonyl (C=O) groups is 2. The molecule has 0 aliphatic heterocycles. The zero-order chi connectivity index (χ0) is 15.4. The number of carbonyl (C=O) groups excluding carboxylic acids is 2. The smallest absolute Gasteiger partial charge is 0.328 e. The van der Waals surface area contributed by atoms with Crippen LogP contribution in [0.4, 0.5) is 0 Å². The van der Waals surface area contributed by atoms with Crippen LogP contribution in [-0.4, -0.2) is 35.0 Å². The Hall–Kier alpha value is -2.37. The molecule has 0 fully saturated rings. The molecule has 2 rings (SSSR count). The van der Waals surface area contributed by atoms with E-state index in [1.165, 1.54) is 7.11 Å². The third kappa shape index (κ3) is 3.21. The van der Waals surface area contributed by atoms with Crippen molar-refractivity contribution < 1.29 is 14.3 Å². The van der Waals surface area contributed by atoms with Gasteiger partial charge >= 0.3 is 5.97 Å². The number of amides is 1. The van der Waals surface area contributed by atoms with Gasteiger partial charge in [-0.25, -0.2) is 9.78 Å². The maximum absolute atomic E-state index is 12.3. The molecule has 0 aliphatic carbocycles. The number of rotatable bonds is 5. The molecule has 2 unspecified atom stereocenters.